The molecule has 0 heteroatoms. The van der Waals surface area contributed by atoms with E-state index in [0.717, 1.165) is 0 Å². The van der Waals surface area contributed by atoms with Gasteiger partial charge >= 0.3 is 0 Å². The summed E-state index contributed by atoms with van der Waals surface area (Å²) in [4.78, 5) is 0. The van der Waals surface area contributed by atoms with Crippen molar-refractivity contribution in [3.8, 4) is 47.4 Å². The Labute approximate surface area is 118 Å². The SMILES string of the molecule is C.C.CC#CC.CC#CC.CC#CC.CC#CC. The van der Waals surface area contributed by atoms with Crippen molar-refractivity contribution in [2.45, 2.75) is 70.2 Å². The van der Waals surface area contributed by atoms with Crippen molar-refractivity contribution in [2.24, 2.45) is 0 Å². The predicted molar refractivity (Wildman–Crippen MR) is 90.0 cm³/mol. The monoisotopic (exact) mass is 248 g/mol. The lowest BCUT2D eigenvalue weighted by Gasteiger charge is -1.40. The summed E-state index contributed by atoms with van der Waals surface area (Å²) in [6, 6.07) is 0. The largest absolute Gasteiger partial charge is 0.107 e. The van der Waals surface area contributed by atoms with E-state index in [-0.39, 0.29) is 14.9 Å². The molecule has 0 heterocycles. The molecule has 0 rings (SSSR count). The van der Waals surface area contributed by atoms with Crippen LogP contribution in [0.1, 0.15) is 70.2 Å². The summed E-state index contributed by atoms with van der Waals surface area (Å²) in [6.07, 6.45) is 0. The first-order valence-electron chi connectivity index (χ1n) is 5.00. The Morgan fingerprint density at radius 3 is 0.333 bits per heavy atom. The van der Waals surface area contributed by atoms with Gasteiger partial charge in [-0.1, -0.05) is 14.9 Å². The summed E-state index contributed by atoms with van der Waals surface area (Å²) >= 11 is 0. The zero-order valence-electron chi connectivity index (χ0n) is 12.0. The normalized spacial score (nSPS) is 3.11. The quantitative estimate of drug-likeness (QED) is 0.504. The maximum Gasteiger partial charge on any atom is -0.00271 e. The molecular formula is C18H32. The molecule has 0 atom stereocenters. The van der Waals surface area contributed by atoms with Gasteiger partial charge in [-0.2, -0.15) is 0 Å². The van der Waals surface area contributed by atoms with E-state index in [1.807, 2.05) is 55.4 Å². The lowest BCUT2D eigenvalue weighted by molar-refractivity contribution is 1.83. The van der Waals surface area contributed by atoms with Gasteiger partial charge in [-0.15, -0.1) is 47.4 Å². The third-order valence-corrected chi connectivity index (χ3v) is 1.00. The predicted octanol–water partition coefficient (Wildman–Crippen LogP) is 5.39. The van der Waals surface area contributed by atoms with E-state index in [9.17, 15) is 0 Å². The average Bonchev–Trinajstić information content (AvgIpc) is 2.39. The Morgan fingerprint density at radius 2 is 0.333 bits per heavy atom. The minimum absolute atomic E-state index is 0. The zero-order valence-corrected chi connectivity index (χ0v) is 12.0. The Bertz CT molecular complexity index is 219. The summed E-state index contributed by atoms with van der Waals surface area (Å²) < 4.78 is 0. The van der Waals surface area contributed by atoms with Gasteiger partial charge in [-0.3, -0.25) is 0 Å². The highest BCUT2D eigenvalue weighted by atomic mass is 13.4. The first kappa shape index (κ1) is 36.0. The van der Waals surface area contributed by atoms with Crippen LogP contribution >= 0.6 is 0 Å². The highest BCUT2D eigenvalue weighted by Crippen LogP contribution is 1.40. The van der Waals surface area contributed by atoms with E-state index in [1.165, 1.54) is 0 Å². The van der Waals surface area contributed by atoms with Crippen molar-refractivity contribution in [3.63, 3.8) is 0 Å². The van der Waals surface area contributed by atoms with E-state index in [0.29, 0.717) is 0 Å². The van der Waals surface area contributed by atoms with Crippen LogP contribution in [0.5, 0.6) is 0 Å². The van der Waals surface area contributed by atoms with Crippen LogP contribution in [0, 0.1) is 47.4 Å². The van der Waals surface area contributed by atoms with Crippen molar-refractivity contribution >= 4 is 0 Å². The molecule has 0 fully saturated rings. The Balaban J connectivity index is -0.0000000257. The average molecular weight is 248 g/mol. The minimum atomic E-state index is 0. The summed E-state index contributed by atoms with van der Waals surface area (Å²) in [6.45, 7) is 14.6. The van der Waals surface area contributed by atoms with Crippen LogP contribution in [0.2, 0.25) is 0 Å². The van der Waals surface area contributed by atoms with Crippen molar-refractivity contribution in [1.82, 2.24) is 0 Å². The fourth-order valence-corrected chi connectivity index (χ4v) is 0. The molecular weight excluding hydrogens is 216 g/mol. The maximum absolute atomic E-state index is 2.68. The Hall–Kier alpha value is -1.76. The first-order chi connectivity index (χ1) is 7.66. The number of hydrogen-bond acceptors (Lipinski definition) is 0. The van der Waals surface area contributed by atoms with Gasteiger partial charge in [0.25, 0.3) is 0 Å². The molecule has 0 aromatic carbocycles. The van der Waals surface area contributed by atoms with Gasteiger partial charge in [0, 0.05) is 0 Å². The molecule has 0 amide bonds. The summed E-state index contributed by atoms with van der Waals surface area (Å²) in [5.41, 5.74) is 0. The fraction of sp³-hybridized carbons (Fsp3) is 0.556. The van der Waals surface area contributed by atoms with Gasteiger partial charge in [-0.25, -0.2) is 0 Å². The Morgan fingerprint density at radius 1 is 0.278 bits per heavy atom. The van der Waals surface area contributed by atoms with Gasteiger partial charge in [-0.05, 0) is 55.4 Å². The van der Waals surface area contributed by atoms with Crippen LogP contribution in [0.15, 0.2) is 0 Å². The summed E-state index contributed by atoms with van der Waals surface area (Å²) in [5.74, 6) is 21.4. The first-order valence-corrected chi connectivity index (χ1v) is 5.00. The smallest absolute Gasteiger partial charge is 0.00271 e. The standard InChI is InChI=1S/4C4H6.2CH4/c4*1-3-4-2;;/h4*1-2H3;2*1H4. The van der Waals surface area contributed by atoms with Crippen molar-refractivity contribution < 1.29 is 0 Å². The zero-order chi connectivity index (χ0) is 13.7. The maximum atomic E-state index is 2.68. The van der Waals surface area contributed by atoms with Gasteiger partial charge < -0.3 is 0 Å². The lowest BCUT2D eigenvalue weighted by Crippen LogP contribution is -1.28. The third kappa shape index (κ3) is 497. The van der Waals surface area contributed by atoms with E-state index >= 15 is 0 Å². The second-order valence-corrected chi connectivity index (χ2v) is 2.00. The molecule has 0 saturated carbocycles. The Kier molecular flexibility index (Phi) is 159. The molecule has 0 aromatic rings. The molecule has 0 radical (unpaired) electrons. The molecule has 104 valence electrons. The number of rotatable bonds is 0. The number of hydrogen-bond donors (Lipinski definition) is 0. The third-order valence-electron chi connectivity index (χ3n) is 1.00. The molecule has 18 heavy (non-hydrogen) atoms. The van der Waals surface area contributed by atoms with E-state index in [1.54, 1.807) is 0 Å². The second kappa shape index (κ2) is 79.4. The lowest BCUT2D eigenvalue weighted by atomic mass is 10.7. The molecule has 0 aliphatic carbocycles. The summed E-state index contributed by atoms with van der Waals surface area (Å²) in [7, 11) is 0. The van der Waals surface area contributed by atoms with Crippen molar-refractivity contribution in [3.05, 3.63) is 0 Å². The fourth-order valence-electron chi connectivity index (χ4n) is 0. The highest BCUT2D eigenvalue weighted by Gasteiger charge is 1.27. The molecule has 0 unspecified atom stereocenters. The topological polar surface area (TPSA) is 0 Å². The van der Waals surface area contributed by atoms with Gasteiger partial charge in [0.1, 0.15) is 0 Å². The molecule has 0 aromatic heterocycles. The molecule has 0 saturated heterocycles. The van der Waals surface area contributed by atoms with Crippen molar-refractivity contribution in [1.29, 1.82) is 0 Å². The van der Waals surface area contributed by atoms with Crippen LogP contribution in [-0.4, -0.2) is 0 Å². The second-order valence-electron chi connectivity index (χ2n) is 2.00. The minimum Gasteiger partial charge on any atom is -0.107 e. The van der Waals surface area contributed by atoms with E-state index in [2.05, 4.69) is 47.4 Å². The molecule has 0 aliphatic rings. The molecule has 0 aliphatic heterocycles. The van der Waals surface area contributed by atoms with Crippen LogP contribution in [0.25, 0.3) is 0 Å². The van der Waals surface area contributed by atoms with Crippen LogP contribution < -0.4 is 0 Å². The van der Waals surface area contributed by atoms with Gasteiger partial charge in [0.2, 0.25) is 0 Å². The highest BCUT2D eigenvalue weighted by molar-refractivity contribution is 4.90. The van der Waals surface area contributed by atoms with Gasteiger partial charge in [0.15, 0.2) is 0 Å². The molecule has 0 nitrogen and oxygen atoms in total. The van der Waals surface area contributed by atoms with Crippen LogP contribution in [-0.2, 0) is 0 Å². The molecule has 0 bridgehead atoms. The van der Waals surface area contributed by atoms with E-state index in [4.69, 9.17) is 0 Å². The molecule has 0 N–H and O–H groups in total. The summed E-state index contributed by atoms with van der Waals surface area (Å²) in [5, 5.41) is 0. The molecule has 0 spiro atoms. The van der Waals surface area contributed by atoms with Crippen LogP contribution in [0.4, 0.5) is 0 Å². The van der Waals surface area contributed by atoms with Gasteiger partial charge in [0.05, 0.1) is 0 Å². The van der Waals surface area contributed by atoms with Crippen LogP contribution in [0.3, 0.4) is 0 Å². The van der Waals surface area contributed by atoms with Crippen molar-refractivity contribution in [2.75, 3.05) is 0 Å². The van der Waals surface area contributed by atoms with E-state index < -0.39 is 0 Å².